The van der Waals surface area contributed by atoms with Gasteiger partial charge in [-0.25, -0.2) is 0 Å². The van der Waals surface area contributed by atoms with Crippen molar-refractivity contribution in [2.45, 2.75) is 38.2 Å². The minimum Gasteiger partial charge on any atom is -0.387 e. The molecular weight excluding hydrogens is 248 g/mol. The number of aliphatic hydroxyl groups excluding tert-OH is 1. The molecule has 0 radical (unpaired) electrons. The Morgan fingerprint density at radius 1 is 1.29 bits per heavy atom. The van der Waals surface area contributed by atoms with Gasteiger partial charge < -0.3 is 5.11 Å². The summed E-state index contributed by atoms with van der Waals surface area (Å²) >= 11 is 3.52. The lowest BCUT2D eigenvalue weighted by Gasteiger charge is -2.27. The number of hydrogen-bond acceptors (Lipinski definition) is 3. The van der Waals surface area contributed by atoms with Crippen LogP contribution in [0.25, 0.3) is 0 Å². The average Bonchev–Trinajstić information content (AvgIpc) is 2.95. The molecular formula is C14H16OS2. The molecule has 0 saturated carbocycles. The van der Waals surface area contributed by atoms with E-state index < -0.39 is 0 Å². The molecule has 17 heavy (non-hydrogen) atoms. The fourth-order valence-electron chi connectivity index (χ4n) is 2.72. The van der Waals surface area contributed by atoms with Crippen LogP contribution in [0.1, 0.15) is 45.7 Å². The lowest BCUT2D eigenvalue weighted by molar-refractivity contribution is 0.139. The van der Waals surface area contributed by atoms with Gasteiger partial charge in [0.1, 0.15) is 0 Å². The second-order valence-electron chi connectivity index (χ2n) is 4.71. The van der Waals surface area contributed by atoms with Gasteiger partial charge in [-0.1, -0.05) is 0 Å². The molecule has 0 fully saturated rings. The fraction of sp³-hybridized carbons (Fsp3) is 0.429. The van der Waals surface area contributed by atoms with Gasteiger partial charge in [0.25, 0.3) is 0 Å². The number of aliphatic hydroxyl groups is 1. The summed E-state index contributed by atoms with van der Waals surface area (Å²) in [4.78, 5) is 2.63. The van der Waals surface area contributed by atoms with Gasteiger partial charge in [0.2, 0.25) is 0 Å². The number of rotatable bonds is 2. The topological polar surface area (TPSA) is 20.2 Å². The van der Waals surface area contributed by atoms with Gasteiger partial charge in [-0.15, -0.1) is 22.7 Å². The van der Waals surface area contributed by atoms with Crippen molar-refractivity contribution in [3.05, 3.63) is 43.8 Å². The molecule has 0 aliphatic heterocycles. The van der Waals surface area contributed by atoms with E-state index in [0.29, 0.717) is 5.92 Å². The smallest absolute Gasteiger partial charge is 0.0953 e. The van der Waals surface area contributed by atoms with E-state index in [9.17, 15) is 5.11 Å². The molecule has 0 amide bonds. The Hall–Kier alpha value is -0.640. The van der Waals surface area contributed by atoms with Crippen LogP contribution >= 0.6 is 22.7 Å². The highest BCUT2D eigenvalue weighted by molar-refractivity contribution is 7.10. The number of aryl methyl sites for hydroxylation is 2. The minimum atomic E-state index is -0.316. The first kappa shape index (κ1) is 11.5. The summed E-state index contributed by atoms with van der Waals surface area (Å²) in [6, 6.07) is 4.30. The Balaban J connectivity index is 1.94. The first-order chi connectivity index (χ1) is 8.27. The quantitative estimate of drug-likeness (QED) is 0.858. The zero-order valence-corrected chi connectivity index (χ0v) is 11.5. The third-order valence-electron chi connectivity index (χ3n) is 3.65. The first-order valence-electron chi connectivity index (χ1n) is 6.05. The summed E-state index contributed by atoms with van der Waals surface area (Å²) < 4.78 is 0. The number of fused-ring (bicyclic) bond motifs is 1. The Bertz CT molecular complexity index is 512. The van der Waals surface area contributed by atoms with Crippen molar-refractivity contribution in [3.63, 3.8) is 0 Å². The van der Waals surface area contributed by atoms with Crippen LogP contribution in [0.15, 0.2) is 22.9 Å². The molecule has 3 rings (SSSR count). The summed E-state index contributed by atoms with van der Waals surface area (Å²) in [5, 5.41) is 14.8. The molecule has 3 heteroatoms. The average molecular weight is 264 g/mol. The van der Waals surface area contributed by atoms with E-state index in [-0.39, 0.29) is 6.10 Å². The predicted molar refractivity (Wildman–Crippen MR) is 74.0 cm³/mol. The third kappa shape index (κ3) is 1.96. The number of hydrogen-bond donors (Lipinski definition) is 1. The Labute approximate surface area is 110 Å². The molecule has 2 unspecified atom stereocenters. The van der Waals surface area contributed by atoms with Crippen LogP contribution in [0.3, 0.4) is 0 Å². The van der Waals surface area contributed by atoms with Crippen molar-refractivity contribution in [1.82, 2.24) is 0 Å². The van der Waals surface area contributed by atoms with Crippen LogP contribution in [0.4, 0.5) is 0 Å². The highest BCUT2D eigenvalue weighted by atomic mass is 32.1. The largest absolute Gasteiger partial charge is 0.387 e. The van der Waals surface area contributed by atoms with E-state index in [1.165, 1.54) is 28.8 Å². The lowest BCUT2D eigenvalue weighted by Crippen LogP contribution is -2.15. The molecule has 0 saturated heterocycles. The van der Waals surface area contributed by atoms with Gasteiger partial charge in [0.05, 0.1) is 6.10 Å². The van der Waals surface area contributed by atoms with Crippen molar-refractivity contribution < 1.29 is 5.11 Å². The second-order valence-corrected chi connectivity index (χ2v) is 6.66. The van der Waals surface area contributed by atoms with Crippen molar-refractivity contribution in [1.29, 1.82) is 0 Å². The lowest BCUT2D eigenvalue weighted by atomic mass is 9.83. The summed E-state index contributed by atoms with van der Waals surface area (Å²) in [5.74, 6) is 0.308. The molecule has 90 valence electrons. The molecule has 2 heterocycles. The molecule has 2 atom stereocenters. The zero-order valence-electron chi connectivity index (χ0n) is 9.85. The minimum absolute atomic E-state index is 0.308. The van der Waals surface area contributed by atoms with E-state index >= 15 is 0 Å². The predicted octanol–water partition coefficient (Wildman–Crippen LogP) is 4.27. The highest BCUT2D eigenvalue weighted by Gasteiger charge is 2.29. The Morgan fingerprint density at radius 2 is 2.12 bits per heavy atom. The van der Waals surface area contributed by atoms with Crippen LogP contribution in [-0.4, -0.2) is 5.11 Å². The van der Waals surface area contributed by atoms with Crippen LogP contribution < -0.4 is 0 Å². The normalized spacial score (nSPS) is 21.2. The first-order valence-corrected chi connectivity index (χ1v) is 7.81. The maximum absolute atomic E-state index is 10.6. The summed E-state index contributed by atoms with van der Waals surface area (Å²) in [6.45, 7) is 2.09. The summed E-state index contributed by atoms with van der Waals surface area (Å²) in [7, 11) is 0. The van der Waals surface area contributed by atoms with Crippen molar-refractivity contribution in [2.75, 3.05) is 0 Å². The molecule has 0 bridgehead atoms. The maximum atomic E-state index is 10.6. The van der Waals surface area contributed by atoms with Gasteiger partial charge in [-0.05, 0) is 60.2 Å². The van der Waals surface area contributed by atoms with Crippen molar-refractivity contribution >= 4 is 22.7 Å². The standard InChI is InChI=1S/C14H16OS2/c1-9-5-7-17-14(9)13(15)11-3-2-4-12-10(11)6-8-16-12/h5-8,11,13,15H,2-4H2,1H3. The Kier molecular flexibility index (Phi) is 3.07. The van der Waals surface area contributed by atoms with Gasteiger partial charge in [0.15, 0.2) is 0 Å². The Morgan fingerprint density at radius 3 is 2.88 bits per heavy atom. The summed E-state index contributed by atoms with van der Waals surface area (Å²) in [6.07, 6.45) is 3.20. The van der Waals surface area contributed by atoms with Crippen LogP contribution in [0.5, 0.6) is 0 Å². The molecule has 2 aromatic heterocycles. The van der Waals surface area contributed by atoms with E-state index in [1.807, 2.05) is 11.3 Å². The van der Waals surface area contributed by atoms with Crippen LogP contribution in [-0.2, 0) is 6.42 Å². The van der Waals surface area contributed by atoms with E-state index in [0.717, 1.165) is 11.3 Å². The highest BCUT2D eigenvalue weighted by Crippen LogP contribution is 2.43. The molecule has 1 aliphatic rings. The fourth-order valence-corrected chi connectivity index (χ4v) is 4.69. The SMILES string of the molecule is Cc1ccsc1C(O)C1CCCc2sccc21. The van der Waals surface area contributed by atoms with Gasteiger partial charge >= 0.3 is 0 Å². The van der Waals surface area contributed by atoms with Gasteiger partial charge in [-0.3, -0.25) is 0 Å². The van der Waals surface area contributed by atoms with E-state index in [1.54, 1.807) is 11.3 Å². The number of thiophene rings is 2. The molecule has 1 nitrogen and oxygen atoms in total. The maximum Gasteiger partial charge on any atom is 0.0953 e. The van der Waals surface area contributed by atoms with Crippen LogP contribution in [0, 0.1) is 6.92 Å². The summed E-state index contributed by atoms with van der Waals surface area (Å²) in [5.41, 5.74) is 2.62. The molecule has 0 aromatic carbocycles. The van der Waals surface area contributed by atoms with E-state index in [4.69, 9.17) is 0 Å². The van der Waals surface area contributed by atoms with Crippen LogP contribution in [0.2, 0.25) is 0 Å². The second kappa shape index (κ2) is 4.56. The monoisotopic (exact) mass is 264 g/mol. The van der Waals surface area contributed by atoms with Crippen molar-refractivity contribution in [3.8, 4) is 0 Å². The van der Waals surface area contributed by atoms with Gasteiger partial charge in [-0.2, -0.15) is 0 Å². The van der Waals surface area contributed by atoms with Crippen molar-refractivity contribution in [2.24, 2.45) is 0 Å². The molecule has 2 aromatic rings. The zero-order chi connectivity index (χ0) is 11.8. The molecule has 1 N–H and O–H groups in total. The van der Waals surface area contributed by atoms with E-state index in [2.05, 4.69) is 29.8 Å². The third-order valence-corrected chi connectivity index (χ3v) is 5.74. The molecule has 1 aliphatic carbocycles. The van der Waals surface area contributed by atoms with Gasteiger partial charge in [0, 0.05) is 15.7 Å². The molecule has 0 spiro atoms.